The van der Waals surface area contributed by atoms with Crippen LogP contribution in [-0.2, 0) is 14.4 Å². The number of carbonyl (C=O) groups is 3. The quantitative estimate of drug-likeness (QED) is 0.498. The summed E-state index contributed by atoms with van der Waals surface area (Å²) in [5, 5.41) is 7.17. The third-order valence-corrected chi connectivity index (χ3v) is 1.85. The lowest BCUT2D eigenvalue weighted by Gasteiger charge is -2.01. The monoisotopic (exact) mass is 226 g/mol. The third-order valence-electron chi connectivity index (χ3n) is 1.85. The van der Waals surface area contributed by atoms with Gasteiger partial charge in [0.25, 0.3) is 0 Å². The van der Waals surface area contributed by atoms with Crippen LogP contribution in [0.1, 0.15) is 19.8 Å². The number of carbonyl (C=O) groups excluding carboxylic acids is 3. The van der Waals surface area contributed by atoms with Crippen molar-refractivity contribution in [2.45, 2.75) is 19.8 Å². The molecular formula is C9H14N4O3. The molecule has 1 fully saturated rings. The second-order valence-electron chi connectivity index (χ2n) is 3.24. The summed E-state index contributed by atoms with van der Waals surface area (Å²) in [5.74, 6) is -1.44. The van der Waals surface area contributed by atoms with Crippen molar-refractivity contribution in [2.24, 2.45) is 4.99 Å². The van der Waals surface area contributed by atoms with E-state index in [0.717, 1.165) is 6.42 Å². The molecule has 0 atom stereocenters. The summed E-state index contributed by atoms with van der Waals surface area (Å²) in [5.41, 5.74) is 0. The fraction of sp³-hybridized carbons (Fsp3) is 0.556. The highest BCUT2D eigenvalue weighted by Crippen LogP contribution is 1.87. The van der Waals surface area contributed by atoms with E-state index >= 15 is 0 Å². The van der Waals surface area contributed by atoms with Crippen LogP contribution in [0.4, 0.5) is 0 Å². The molecule has 0 aromatic carbocycles. The molecule has 0 radical (unpaired) electrons. The lowest BCUT2D eigenvalue weighted by atomic mass is 10.4. The predicted octanol–water partition coefficient (Wildman–Crippen LogP) is -1.50. The van der Waals surface area contributed by atoms with E-state index in [1.807, 2.05) is 6.92 Å². The minimum absolute atomic E-state index is 0.0955. The molecule has 0 unspecified atom stereocenters. The van der Waals surface area contributed by atoms with Crippen LogP contribution < -0.4 is 16.0 Å². The van der Waals surface area contributed by atoms with Gasteiger partial charge >= 0.3 is 11.8 Å². The Morgan fingerprint density at radius 3 is 2.50 bits per heavy atom. The van der Waals surface area contributed by atoms with Gasteiger partial charge in [0.1, 0.15) is 0 Å². The summed E-state index contributed by atoms with van der Waals surface area (Å²) in [6.45, 7) is 2.83. The maximum atomic E-state index is 11.1. The van der Waals surface area contributed by atoms with Gasteiger partial charge in [-0.1, -0.05) is 6.92 Å². The van der Waals surface area contributed by atoms with E-state index < -0.39 is 11.8 Å². The molecule has 3 amide bonds. The fourth-order valence-corrected chi connectivity index (χ4v) is 1.06. The number of aliphatic imine (C=N–C) groups is 1. The highest BCUT2D eigenvalue weighted by molar-refractivity contribution is 6.45. The SMILES string of the molecule is CCCNC(=O)CCN=C1NC(=O)C(=O)N1. The second kappa shape index (κ2) is 5.84. The number of guanidine groups is 1. The van der Waals surface area contributed by atoms with E-state index in [4.69, 9.17) is 0 Å². The largest absolute Gasteiger partial charge is 0.356 e. The molecule has 0 aliphatic carbocycles. The van der Waals surface area contributed by atoms with Crippen molar-refractivity contribution < 1.29 is 14.4 Å². The highest BCUT2D eigenvalue weighted by Gasteiger charge is 2.24. The predicted molar refractivity (Wildman–Crippen MR) is 56.5 cm³/mol. The van der Waals surface area contributed by atoms with Crippen molar-refractivity contribution in [1.29, 1.82) is 0 Å². The maximum absolute atomic E-state index is 11.1. The zero-order valence-corrected chi connectivity index (χ0v) is 9.00. The minimum atomic E-state index is -0.728. The van der Waals surface area contributed by atoms with E-state index in [1.165, 1.54) is 0 Å². The van der Waals surface area contributed by atoms with Gasteiger partial charge in [0, 0.05) is 13.0 Å². The van der Waals surface area contributed by atoms with Crippen molar-refractivity contribution in [3.63, 3.8) is 0 Å². The van der Waals surface area contributed by atoms with Crippen LogP contribution in [0, 0.1) is 0 Å². The van der Waals surface area contributed by atoms with E-state index in [1.54, 1.807) is 0 Å². The van der Waals surface area contributed by atoms with E-state index in [9.17, 15) is 14.4 Å². The molecule has 88 valence electrons. The molecule has 0 bridgehead atoms. The number of hydrogen-bond acceptors (Lipinski definition) is 4. The summed E-state index contributed by atoms with van der Waals surface area (Å²) in [6.07, 6.45) is 1.11. The van der Waals surface area contributed by atoms with Crippen LogP contribution in [-0.4, -0.2) is 36.8 Å². The zero-order valence-electron chi connectivity index (χ0n) is 9.00. The first kappa shape index (κ1) is 12.2. The van der Waals surface area contributed by atoms with Gasteiger partial charge in [-0.15, -0.1) is 0 Å². The van der Waals surface area contributed by atoms with Crippen molar-refractivity contribution in [3.05, 3.63) is 0 Å². The smallest absolute Gasteiger partial charge is 0.316 e. The first-order valence-corrected chi connectivity index (χ1v) is 5.07. The topological polar surface area (TPSA) is 99.7 Å². The van der Waals surface area contributed by atoms with Gasteiger partial charge in [-0.2, -0.15) is 0 Å². The normalized spacial score (nSPS) is 14.4. The van der Waals surface area contributed by atoms with Crippen LogP contribution in [0.5, 0.6) is 0 Å². The van der Waals surface area contributed by atoms with Gasteiger partial charge in [-0.25, -0.2) is 0 Å². The minimum Gasteiger partial charge on any atom is -0.356 e. The van der Waals surface area contributed by atoms with Crippen molar-refractivity contribution in [3.8, 4) is 0 Å². The van der Waals surface area contributed by atoms with Gasteiger partial charge in [0.15, 0.2) is 0 Å². The maximum Gasteiger partial charge on any atom is 0.316 e. The molecule has 0 aromatic rings. The first-order valence-electron chi connectivity index (χ1n) is 5.07. The van der Waals surface area contributed by atoms with Crippen molar-refractivity contribution >= 4 is 23.7 Å². The molecular weight excluding hydrogens is 212 g/mol. The molecule has 0 spiro atoms. The van der Waals surface area contributed by atoms with Gasteiger partial charge in [-0.3, -0.25) is 30.0 Å². The molecule has 1 aliphatic rings. The van der Waals surface area contributed by atoms with Crippen molar-refractivity contribution in [1.82, 2.24) is 16.0 Å². The molecule has 16 heavy (non-hydrogen) atoms. The molecule has 7 nitrogen and oxygen atoms in total. The number of nitrogens with zero attached hydrogens (tertiary/aromatic N) is 1. The molecule has 1 aliphatic heterocycles. The average molecular weight is 226 g/mol. The molecule has 0 saturated carbocycles. The van der Waals surface area contributed by atoms with Gasteiger partial charge in [0.05, 0.1) is 6.54 Å². The summed E-state index contributed by atoms with van der Waals surface area (Å²) < 4.78 is 0. The Balaban J connectivity index is 2.25. The lowest BCUT2D eigenvalue weighted by molar-refractivity contribution is -0.135. The fourth-order valence-electron chi connectivity index (χ4n) is 1.06. The number of rotatable bonds is 5. The molecule has 7 heteroatoms. The molecule has 1 rings (SSSR count). The summed E-state index contributed by atoms with van der Waals surface area (Å²) in [4.78, 5) is 36.5. The molecule has 0 aromatic heterocycles. The Bertz CT molecular complexity index is 320. The van der Waals surface area contributed by atoms with Crippen LogP contribution in [0.3, 0.4) is 0 Å². The molecule has 1 saturated heterocycles. The summed E-state index contributed by atoms with van der Waals surface area (Å²) in [7, 11) is 0. The number of hydrogen-bond donors (Lipinski definition) is 3. The van der Waals surface area contributed by atoms with Gasteiger partial charge in [0.2, 0.25) is 11.9 Å². The zero-order chi connectivity index (χ0) is 12.0. The Labute approximate surface area is 92.7 Å². The average Bonchev–Trinajstić information content (AvgIpc) is 2.55. The van der Waals surface area contributed by atoms with Gasteiger partial charge in [-0.05, 0) is 6.42 Å². The summed E-state index contributed by atoms with van der Waals surface area (Å²) in [6, 6.07) is 0. The Kier molecular flexibility index (Phi) is 4.43. The number of amides is 3. The van der Waals surface area contributed by atoms with Crippen LogP contribution in [0.15, 0.2) is 4.99 Å². The van der Waals surface area contributed by atoms with E-state index in [2.05, 4.69) is 20.9 Å². The number of nitrogens with one attached hydrogen (secondary N) is 3. The Morgan fingerprint density at radius 1 is 1.31 bits per heavy atom. The molecule has 1 heterocycles. The van der Waals surface area contributed by atoms with Gasteiger partial charge < -0.3 is 5.32 Å². The van der Waals surface area contributed by atoms with Crippen LogP contribution >= 0.6 is 0 Å². The Hall–Kier alpha value is -1.92. The standard InChI is InChI=1S/C9H14N4O3/c1-2-4-10-6(14)3-5-11-9-12-7(15)8(16)13-9/h2-5H2,1H3,(H,10,14)(H2,11,12,13,15,16). The lowest BCUT2D eigenvalue weighted by Crippen LogP contribution is -2.27. The molecule has 3 N–H and O–H groups in total. The Morgan fingerprint density at radius 2 is 1.94 bits per heavy atom. The summed E-state index contributed by atoms with van der Waals surface area (Å²) >= 11 is 0. The second-order valence-corrected chi connectivity index (χ2v) is 3.24. The third kappa shape index (κ3) is 3.68. The first-order chi connectivity index (χ1) is 7.63. The van der Waals surface area contributed by atoms with Crippen molar-refractivity contribution in [2.75, 3.05) is 13.1 Å². The van der Waals surface area contributed by atoms with E-state index in [0.29, 0.717) is 6.54 Å². The highest BCUT2D eigenvalue weighted by atomic mass is 16.2. The van der Waals surface area contributed by atoms with E-state index in [-0.39, 0.29) is 24.8 Å². The van der Waals surface area contributed by atoms with Crippen LogP contribution in [0.25, 0.3) is 0 Å². The van der Waals surface area contributed by atoms with Crippen LogP contribution in [0.2, 0.25) is 0 Å².